The van der Waals surface area contributed by atoms with E-state index in [1.807, 2.05) is 44.2 Å². The Morgan fingerprint density at radius 3 is 2.31 bits per heavy atom. The Bertz CT molecular complexity index is 663. The molecule has 1 fully saturated rings. The highest BCUT2D eigenvalue weighted by Crippen LogP contribution is 2.34. The molecule has 1 aromatic rings. The third-order valence-electron chi connectivity index (χ3n) is 3.99. The maximum absolute atomic E-state index is 12.6. The number of hydrogen-bond acceptors (Lipinski definition) is 5. The van der Waals surface area contributed by atoms with Gasteiger partial charge in [0, 0.05) is 0 Å². The third-order valence-corrected chi connectivity index (χ3v) is 3.99. The maximum atomic E-state index is 12.6. The average molecular weight is 361 g/mol. The number of rotatable bonds is 5. The third kappa shape index (κ3) is 4.84. The molecule has 6 heteroatoms. The Morgan fingerprint density at radius 2 is 1.77 bits per heavy atom. The minimum Gasteiger partial charge on any atom is -0.459 e. The van der Waals surface area contributed by atoms with E-state index in [1.165, 1.54) is 0 Å². The molecule has 26 heavy (non-hydrogen) atoms. The van der Waals surface area contributed by atoms with E-state index in [9.17, 15) is 14.4 Å². The molecule has 0 saturated carbocycles. The minimum atomic E-state index is -0.927. The molecule has 142 valence electrons. The molecule has 0 spiro atoms. The number of hydrogen-bond donors (Lipinski definition) is 0. The molecule has 2 atom stereocenters. The van der Waals surface area contributed by atoms with Gasteiger partial charge in [0.25, 0.3) is 0 Å². The number of esters is 1. The molecule has 0 N–H and O–H groups in total. The number of carbonyl (C=O) groups is 3. The predicted octanol–water partition coefficient (Wildman–Crippen LogP) is 3.54. The second-order valence-electron chi connectivity index (χ2n) is 7.96. The first-order valence-electron chi connectivity index (χ1n) is 8.86. The van der Waals surface area contributed by atoms with Crippen LogP contribution >= 0.6 is 0 Å². The summed E-state index contributed by atoms with van der Waals surface area (Å²) < 4.78 is 10.6. The van der Waals surface area contributed by atoms with Crippen LogP contribution in [-0.2, 0) is 25.7 Å². The van der Waals surface area contributed by atoms with Crippen LogP contribution in [0.25, 0.3) is 0 Å². The van der Waals surface area contributed by atoms with Gasteiger partial charge in [-0.1, -0.05) is 44.2 Å². The fourth-order valence-electron chi connectivity index (χ4n) is 2.88. The Labute approximate surface area is 154 Å². The number of likely N-dealkylation sites (tertiary alicyclic amines) is 1. The summed E-state index contributed by atoms with van der Waals surface area (Å²) in [6.07, 6.45) is -0.285. The lowest BCUT2D eigenvalue weighted by molar-refractivity contribution is -0.174. The first-order valence-corrected chi connectivity index (χ1v) is 8.86. The molecule has 1 heterocycles. The molecule has 2 amide bonds. The lowest BCUT2D eigenvalue weighted by atomic mass is 9.81. The summed E-state index contributed by atoms with van der Waals surface area (Å²) in [6, 6.07) is 8.34. The number of imide groups is 1. The molecule has 0 radical (unpaired) electrons. The van der Waals surface area contributed by atoms with Gasteiger partial charge in [-0.05, 0) is 38.7 Å². The molecule has 1 aliphatic heterocycles. The Balaban J connectivity index is 2.10. The fourth-order valence-corrected chi connectivity index (χ4v) is 2.88. The summed E-state index contributed by atoms with van der Waals surface area (Å²) in [7, 11) is 0. The van der Waals surface area contributed by atoms with Crippen LogP contribution in [0.2, 0.25) is 0 Å². The van der Waals surface area contributed by atoms with Crippen LogP contribution < -0.4 is 0 Å². The van der Waals surface area contributed by atoms with Crippen molar-refractivity contribution in [3.05, 3.63) is 35.9 Å². The highest BCUT2D eigenvalue weighted by molar-refractivity contribution is 6.06. The van der Waals surface area contributed by atoms with Crippen LogP contribution in [0, 0.1) is 11.8 Å². The smallest absolute Gasteiger partial charge is 0.417 e. The minimum absolute atomic E-state index is 0.0981. The van der Waals surface area contributed by atoms with Gasteiger partial charge < -0.3 is 9.47 Å². The second kappa shape index (κ2) is 7.89. The Kier molecular flexibility index (Phi) is 6.05. The molecular weight excluding hydrogens is 334 g/mol. The topological polar surface area (TPSA) is 72.9 Å². The number of β-lactam (4-membered cyclic amide) rings is 1. The zero-order chi connectivity index (χ0) is 19.5. The molecule has 1 saturated heterocycles. The van der Waals surface area contributed by atoms with Gasteiger partial charge in [-0.25, -0.2) is 14.5 Å². The van der Waals surface area contributed by atoms with Crippen LogP contribution in [0.1, 0.15) is 46.6 Å². The van der Waals surface area contributed by atoms with E-state index in [2.05, 4.69) is 0 Å². The molecular formula is C20H27NO5. The molecule has 0 aromatic heterocycles. The standard InChI is InChI=1S/C20H27NO5/c1-13(2)11-15-16(18(23)25-12-14-9-7-6-8-10-14)21(17(15)22)19(24)26-20(3,4)5/h6-10,13,15-16H,11-12H2,1-5H3/t15-,16+/m1/s1. The van der Waals surface area contributed by atoms with Crippen LogP contribution in [0.4, 0.5) is 4.79 Å². The molecule has 1 aliphatic rings. The lowest BCUT2D eigenvalue weighted by Gasteiger charge is -2.44. The van der Waals surface area contributed by atoms with E-state index in [0.29, 0.717) is 6.42 Å². The van der Waals surface area contributed by atoms with Gasteiger partial charge in [-0.15, -0.1) is 0 Å². The van der Waals surface area contributed by atoms with Crippen molar-refractivity contribution >= 4 is 18.0 Å². The summed E-state index contributed by atoms with van der Waals surface area (Å²) in [5.41, 5.74) is 0.0923. The first kappa shape index (κ1) is 19.9. The number of carbonyl (C=O) groups excluding carboxylic acids is 3. The molecule has 1 aromatic carbocycles. The zero-order valence-electron chi connectivity index (χ0n) is 16.0. The van der Waals surface area contributed by atoms with Crippen molar-refractivity contribution in [1.29, 1.82) is 0 Å². The summed E-state index contributed by atoms with van der Waals surface area (Å²) in [6.45, 7) is 9.17. The highest BCUT2D eigenvalue weighted by atomic mass is 16.6. The van der Waals surface area contributed by atoms with Gasteiger partial charge in [0.15, 0.2) is 6.04 Å². The maximum Gasteiger partial charge on any atom is 0.417 e. The normalized spacial score (nSPS) is 19.9. The van der Waals surface area contributed by atoms with E-state index in [0.717, 1.165) is 10.5 Å². The van der Waals surface area contributed by atoms with E-state index >= 15 is 0 Å². The SMILES string of the molecule is CC(C)C[C@H]1C(=O)N(C(=O)OC(C)(C)C)[C@@H]1C(=O)OCc1ccccc1. The van der Waals surface area contributed by atoms with Crippen molar-refractivity contribution in [3.8, 4) is 0 Å². The quantitative estimate of drug-likeness (QED) is 0.592. The van der Waals surface area contributed by atoms with Gasteiger partial charge in [0.05, 0.1) is 5.92 Å². The Hall–Kier alpha value is -2.37. The number of ether oxygens (including phenoxy) is 2. The van der Waals surface area contributed by atoms with Crippen molar-refractivity contribution in [2.45, 2.75) is 59.3 Å². The van der Waals surface area contributed by atoms with Crippen molar-refractivity contribution in [2.75, 3.05) is 0 Å². The monoisotopic (exact) mass is 361 g/mol. The number of amides is 2. The predicted molar refractivity (Wildman–Crippen MR) is 96.1 cm³/mol. The van der Waals surface area contributed by atoms with Gasteiger partial charge in [0.2, 0.25) is 5.91 Å². The molecule has 0 bridgehead atoms. The summed E-state index contributed by atoms with van der Waals surface area (Å²) in [5.74, 6) is -1.29. The van der Waals surface area contributed by atoms with Gasteiger partial charge in [-0.3, -0.25) is 4.79 Å². The largest absolute Gasteiger partial charge is 0.459 e. The van der Waals surface area contributed by atoms with Crippen LogP contribution in [0.5, 0.6) is 0 Å². The highest BCUT2D eigenvalue weighted by Gasteiger charge is 2.56. The molecule has 2 rings (SSSR count). The van der Waals surface area contributed by atoms with Crippen LogP contribution in [0.3, 0.4) is 0 Å². The first-order chi connectivity index (χ1) is 12.1. The van der Waals surface area contributed by atoms with Crippen LogP contribution in [-0.4, -0.2) is 34.5 Å². The van der Waals surface area contributed by atoms with Crippen molar-refractivity contribution in [2.24, 2.45) is 11.8 Å². The van der Waals surface area contributed by atoms with Crippen molar-refractivity contribution in [1.82, 2.24) is 4.90 Å². The molecule has 6 nitrogen and oxygen atoms in total. The average Bonchev–Trinajstić information content (AvgIpc) is 2.54. The number of nitrogens with zero attached hydrogens (tertiary/aromatic N) is 1. The molecule has 0 unspecified atom stereocenters. The number of benzene rings is 1. The Morgan fingerprint density at radius 1 is 1.15 bits per heavy atom. The van der Waals surface area contributed by atoms with Gasteiger partial charge in [-0.2, -0.15) is 0 Å². The van der Waals surface area contributed by atoms with E-state index in [-0.39, 0.29) is 18.4 Å². The fraction of sp³-hybridized carbons (Fsp3) is 0.550. The van der Waals surface area contributed by atoms with E-state index < -0.39 is 29.6 Å². The van der Waals surface area contributed by atoms with Crippen LogP contribution in [0.15, 0.2) is 30.3 Å². The van der Waals surface area contributed by atoms with E-state index in [4.69, 9.17) is 9.47 Å². The lowest BCUT2D eigenvalue weighted by Crippen LogP contribution is -2.67. The second-order valence-corrected chi connectivity index (χ2v) is 7.96. The van der Waals surface area contributed by atoms with Gasteiger partial charge >= 0.3 is 12.1 Å². The van der Waals surface area contributed by atoms with Crippen molar-refractivity contribution < 1.29 is 23.9 Å². The summed E-state index contributed by atoms with van der Waals surface area (Å²) in [4.78, 5) is 38.3. The van der Waals surface area contributed by atoms with E-state index in [1.54, 1.807) is 20.8 Å². The van der Waals surface area contributed by atoms with Crippen molar-refractivity contribution in [3.63, 3.8) is 0 Å². The van der Waals surface area contributed by atoms with Gasteiger partial charge in [0.1, 0.15) is 12.2 Å². The zero-order valence-corrected chi connectivity index (χ0v) is 16.0. The molecule has 0 aliphatic carbocycles. The summed E-state index contributed by atoms with van der Waals surface area (Å²) >= 11 is 0. The summed E-state index contributed by atoms with van der Waals surface area (Å²) in [5, 5.41) is 0.